The first-order valence-electron chi connectivity index (χ1n) is 6.11. The van der Waals surface area contributed by atoms with Gasteiger partial charge in [-0.3, -0.25) is 0 Å². The molecule has 1 N–H and O–H groups in total. The van der Waals surface area contributed by atoms with Gasteiger partial charge in [0.1, 0.15) is 0 Å². The molecule has 3 heteroatoms. The molecule has 0 saturated heterocycles. The van der Waals surface area contributed by atoms with Gasteiger partial charge in [0.05, 0.1) is 0 Å². The summed E-state index contributed by atoms with van der Waals surface area (Å²) >= 11 is 2.05. The fourth-order valence-corrected chi connectivity index (χ4v) is 2.29. The molecule has 0 radical (unpaired) electrons. The van der Waals surface area contributed by atoms with E-state index in [0.29, 0.717) is 6.04 Å². The average Bonchev–Trinajstić information content (AvgIpc) is 2.25. The number of ether oxygens (including phenoxy) is 1. The highest BCUT2D eigenvalue weighted by Crippen LogP contribution is 2.07. The highest BCUT2D eigenvalue weighted by atomic mass is 32.2. The summed E-state index contributed by atoms with van der Waals surface area (Å²) in [6, 6.07) is 0.685. The molecule has 1 unspecified atom stereocenters. The number of hydrogen-bond acceptors (Lipinski definition) is 3. The van der Waals surface area contributed by atoms with Gasteiger partial charge in [0.15, 0.2) is 0 Å². The van der Waals surface area contributed by atoms with Crippen LogP contribution in [-0.2, 0) is 4.74 Å². The lowest BCUT2D eigenvalue weighted by Crippen LogP contribution is -2.26. The third kappa shape index (κ3) is 12.2. The van der Waals surface area contributed by atoms with Crippen LogP contribution in [0.3, 0.4) is 0 Å². The zero-order valence-electron chi connectivity index (χ0n) is 10.6. The highest BCUT2D eigenvalue weighted by Gasteiger charge is 1.99. The summed E-state index contributed by atoms with van der Waals surface area (Å²) in [5, 5.41) is 3.51. The van der Waals surface area contributed by atoms with Crippen molar-refractivity contribution in [2.45, 2.75) is 45.6 Å². The van der Waals surface area contributed by atoms with Crippen molar-refractivity contribution in [3.63, 3.8) is 0 Å². The Morgan fingerprint density at radius 1 is 1.27 bits per heavy atom. The molecule has 0 heterocycles. The zero-order valence-corrected chi connectivity index (χ0v) is 11.4. The van der Waals surface area contributed by atoms with Gasteiger partial charge in [-0.05, 0) is 50.7 Å². The van der Waals surface area contributed by atoms with Crippen molar-refractivity contribution in [2.24, 2.45) is 0 Å². The number of methoxy groups -OCH3 is 1. The summed E-state index contributed by atoms with van der Waals surface area (Å²) < 4.78 is 5.01. The topological polar surface area (TPSA) is 21.3 Å². The van der Waals surface area contributed by atoms with E-state index in [9.17, 15) is 0 Å². The Morgan fingerprint density at radius 2 is 2.00 bits per heavy atom. The van der Waals surface area contributed by atoms with E-state index in [1.165, 1.54) is 37.2 Å². The summed E-state index contributed by atoms with van der Waals surface area (Å²) in [6.07, 6.45) is 5.05. The predicted octanol–water partition coefficient (Wildman–Crippen LogP) is 2.92. The maximum Gasteiger partial charge on any atom is 0.0470 e. The number of nitrogens with one attached hydrogen (secondary N) is 1. The van der Waals surface area contributed by atoms with Gasteiger partial charge in [-0.15, -0.1) is 0 Å². The maximum atomic E-state index is 5.01. The molecule has 0 aromatic heterocycles. The Balaban J connectivity index is 3.02. The van der Waals surface area contributed by atoms with Crippen LogP contribution >= 0.6 is 11.8 Å². The first kappa shape index (κ1) is 15.3. The van der Waals surface area contributed by atoms with Crippen LogP contribution in [-0.4, -0.2) is 37.8 Å². The molecule has 0 aliphatic heterocycles. The quantitative estimate of drug-likeness (QED) is 0.554. The SMILES string of the molecule is CCCNC(C)CCCSCCCOC. The second-order valence-electron chi connectivity index (χ2n) is 3.96. The maximum absolute atomic E-state index is 5.01. The van der Waals surface area contributed by atoms with E-state index < -0.39 is 0 Å². The van der Waals surface area contributed by atoms with E-state index in [1.807, 2.05) is 0 Å². The van der Waals surface area contributed by atoms with Gasteiger partial charge in [-0.2, -0.15) is 11.8 Å². The largest absolute Gasteiger partial charge is 0.385 e. The number of thioether (sulfide) groups is 1. The molecule has 0 aromatic carbocycles. The van der Waals surface area contributed by atoms with Gasteiger partial charge in [0.2, 0.25) is 0 Å². The minimum atomic E-state index is 0.685. The Kier molecular flexibility index (Phi) is 12.6. The van der Waals surface area contributed by atoms with Crippen molar-refractivity contribution in [2.75, 3.05) is 31.8 Å². The summed E-state index contributed by atoms with van der Waals surface area (Å²) in [4.78, 5) is 0. The Hall–Kier alpha value is 0.270. The van der Waals surface area contributed by atoms with E-state index in [0.717, 1.165) is 13.2 Å². The van der Waals surface area contributed by atoms with Crippen LogP contribution in [0, 0.1) is 0 Å². The Labute approximate surface area is 99.5 Å². The van der Waals surface area contributed by atoms with Gasteiger partial charge in [-0.25, -0.2) is 0 Å². The third-order valence-electron chi connectivity index (χ3n) is 2.31. The van der Waals surface area contributed by atoms with Crippen molar-refractivity contribution >= 4 is 11.8 Å². The van der Waals surface area contributed by atoms with Crippen LogP contribution in [0.25, 0.3) is 0 Å². The minimum absolute atomic E-state index is 0.685. The Bertz CT molecular complexity index is 122. The van der Waals surface area contributed by atoms with Crippen LogP contribution < -0.4 is 5.32 Å². The molecule has 0 aromatic rings. The fraction of sp³-hybridized carbons (Fsp3) is 1.00. The summed E-state index contributed by atoms with van der Waals surface area (Å²) in [7, 11) is 1.77. The standard InChI is InChI=1S/C12H27NOS/c1-4-8-13-12(2)7-5-10-15-11-6-9-14-3/h12-13H,4-11H2,1-3H3. The molecular formula is C12H27NOS. The van der Waals surface area contributed by atoms with Crippen molar-refractivity contribution in [3.8, 4) is 0 Å². The molecule has 0 amide bonds. The minimum Gasteiger partial charge on any atom is -0.385 e. The normalized spacial score (nSPS) is 13.0. The lowest BCUT2D eigenvalue weighted by atomic mass is 10.2. The van der Waals surface area contributed by atoms with E-state index in [1.54, 1.807) is 7.11 Å². The van der Waals surface area contributed by atoms with Crippen LogP contribution in [0.5, 0.6) is 0 Å². The van der Waals surface area contributed by atoms with E-state index in [-0.39, 0.29) is 0 Å². The van der Waals surface area contributed by atoms with Crippen LogP contribution in [0.4, 0.5) is 0 Å². The van der Waals surface area contributed by atoms with Crippen LogP contribution in [0.2, 0.25) is 0 Å². The van der Waals surface area contributed by atoms with Gasteiger partial charge in [0, 0.05) is 19.8 Å². The van der Waals surface area contributed by atoms with Gasteiger partial charge < -0.3 is 10.1 Å². The zero-order chi connectivity index (χ0) is 11.4. The van der Waals surface area contributed by atoms with Crippen molar-refractivity contribution in [3.05, 3.63) is 0 Å². The van der Waals surface area contributed by atoms with Gasteiger partial charge in [-0.1, -0.05) is 6.92 Å². The summed E-state index contributed by atoms with van der Waals surface area (Å²) in [6.45, 7) is 6.56. The van der Waals surface area contributed by atoms with E-state index >= 15 is 0 Å². The summed E-state index contributed by atoms with van der Waals surface area (Å²) in [5.41, 5.74) is 0. The molecule has 2 nitrogen and oxygen atoms in total. The second kappa shape index (κ2) is 12.3. The second-order valence-corrected chi connectivity index (χ2v) is 5.18. The third-order valence-corrected chi connectivity index (χ3v) is 3.46. The highest BCUT2D eigenvalue weighted by molar-refractivity contribution is 7.99. The molecule has 0 aliphatic carbocycles. The predicted molar refractivity (Wildman–Crippen MR) is 70.8 cm³/mol. The molecule has 0 bridgehead atoms. The molecule has 0 aliphatic rings. The number of hydrogen-bond donors (Lipinski definition) is 1. The molecule has 0 spiro atoms. The van der Waals surface area contributed by atoms with Crippen molar-refractivity contribution < 1.29 is 4.74 Å². The lowest BCUT2D eigenvalue weighted by Gasteiger charge is -2.12. The van der Waals surface area contributed by atoms with Crippen molar-refractivity contribution in [1.29, 1.82) is 0 Å². The molecule has 15 heavy (non-hydrogen) atoms. The molecule has 0 fully saturated rings. The molecular weight excluding hydrogens is 206 g/mol. The van der Waals surface area contributed by atoms with E-state index in [4.69, 9.17) is 4.74 Å². The van der Waals surface area contributed by atoms with Gasteiger partial charge in [0.25, 0.3) is 0 Å². The van der Waals surface area contributed by atoms with Crippen LogP contribution in [0.1, 0.15) is 39.5 Å². The van der Waals surface area contributed by atoms with Gasteiger partial charge >= 0.3 is 0 Å². The first-order valence-corrected chi connectivity index (χ1v) is 7.26. The lowest BCUT2D eigenvalue weighted by molar-refractivity contribution is 0.200. The van der Waals surface area contributed by atoms with Crippen LogP contribution in [0.15, 0.2) is 0 Å². The van der Waals surface area contributed by atoms with Crippen molar-refractivity contribution in [1.82, 2.24) is 5.32 Å². The average molecular weight is 233 g/mol. The summed E-state index contributed by atoms with van der Waals surface area (Å²) in [5.74, 6) is 2.53. The fourth-order valence-electron chi connectivity index (χ4n) is 1.39. The monoisotopic (exact) mass is 233 g/mol. The Morgan fingerprint density at radius 3 is 2.67 bits per heavy atom. The molecule has 92 valence electrons. The molecule has 0 rings (SSSR count). The smallest absolute Gasteiger partial charge is 0.0470 e. The number of rotatable bonds is 11. The van der Waals surface area contributed by atoms with E-state index in [2.05, 4.69) is 30.9 Å². The first-order chi connectivity index (χ1) is 7.31. The molecule has 1 atom stereocenters. The molecule has 0 saturated carbocycles.